The van der Waals surface area contributed by atoms with Crippen molar-refractivity contribution in [1.82, 2.24) is 18.7 Å². The number of benzene rings is 8. The third-order valence-electron chi connectivity index (χ3n) is 14.5. The summed E-state index contributed by atoms with van der Waals surface area (Å²) >= 11 is 6.45. The summed E-state index contributed by atoms with van der Waals surface area (Å²) in [6.45, 7) is 0. The molecule has 4 atom stereocenters. The van der Waals surface area contributed by atoms with Crippen molar-refractivity contribution in [3.05, 3.63) is 214 Å². The molecule has 0 spiro atoms. The monoisotopic (exact) mass is 1250 g/mol. The fourth-order valence-corrected chi connectivity index (χ4v) is 18.9. The van der Waals surface area contributed by atoms with Gasteiger partial charge in [0.15, 0.2) is 0 Å². The molecule has 8 aromatic carbocycles. The predicted octanol–water partition coefficient (Wildman–Crippen LogP) is 16.9. The molecule has 22 heteroatoms. The Balaban J connectivity index is 1.16. The molecular weight excluding hydrogens is 1210 g/mol. The van der Waals surface area contributed by atoms with Crippen LogP contribution in [0.4, 0.5) is 52.7 Å². The van der Waals surface area contributed by atoms with Crippen molar-refractivity contribution in [2.75, 3.05) is 28.2 Å². The van der Waals surface area contributed by atoms with Crippen molar-refractivity contribution in [1.29, 1.82) is 0 Å². The number of likely N-dealkylation sites (N-methyl/N-ethyl adjacent to an activating group) is 4. The van der Waals surface area contributed by atoms with Crippen molar-refractivity contribution in [3.63, 3.8) is 0 Å². The summed E-state index contributed by atoms with van der Waals surface area (Å²) in [5, 5.41) is 2.75. The van der Waals surface area contributed by atoms with Gasteiger partial charge < -0.3 is 0 Å². The van der Waals surface area contributed by atoms with E-state index in [2.05, 4.69) is 30.2 Å². The van der Waals surface area contributed by atoms with Gasteiger partial charge in [-0.05, 0) is 0 Å². The standard InChI is InChI=1S/C56H44F12N4O2P2Se2/c1-69-49(35-15-9-19-39(29-35)53(57,58)59)50(36-16-10-20-40(30-36)54(60,61)62)70(2)75(69,77)73-45-27-25-33-13-5-7-23-43(33)47(45)48-44-24-8-6-14-34(44)26-28-46(48)74-76(78)71(3)51(37-17-11-21-41(31-37)55(63,64)65)52(72(76)4)38-18-12-22-42(32-38)56(66,67)68/h5-32,49-52H,1-4H3/t49-,50-,51-,52-/m0/s1. The van der Waals surface area contributed by atoms with Crippen molar-refractivity contribution in [3.8, 4) is 22.6 Å². The van der Waals surface area contributed by atoms with E-state index in [0.717, 1.165) is 59.3 Å². The van der Waals surface area contributed by atoms with E-state index in [1.54, 1.807) is 59.0 Å². The molecule has 2 saturated heterocycles. The molecule has 2 aliphatic heterocycles. The van der Waals surface area contributed by atoms with Crippen LogP contribution >= 0.6 is 12.1 Å². The third-order valence-corrected chi connectivity index (χ3v) is 27.0. The van der Waals surface area contributed by atoms with Gasteiger partial charge in [-0.1, -0.05) is 0 Å². The Hall–Kier alpha value is -5.22. The molecular formula is C56H44F12N4O2P2Se2. The van der Waals surface area contributed by atoms with E-state index in [4.69, 9.17) is 9.05 Å². The molecule has 2 fully saturated rings. The molecule has 406 valence electrons. The Kier molecular flexibility index (Phi) is 14.7. The van der Waals surface area contributed by atoms with Crippen molar-refractivity contribution >= 4 is 63.8 Å². The minimum absolute atomic E-state index is 0.163. The van der Waals surface area contributed by atoms with Crippen LogP contribution in [0.25, 0.3) is 32.7 Å². The Morgan fingerprint density at radius 3 is 0.859 bits per heavy atom. The van der Waals surface area contributed by atoms with Gasteiger partial charge in [0.05, 0.1) is 0 Å². The fourth-order valence-electron chi connectivity index (χ4n) is 10.8. The van der Waals surface area contributed by atoms with Gasteiger partial charge in [-0.15, -0.1) is 0 Å². The van der Waals surface area contributed by atoms with Crippen LogP contribution < -0.4 is 9.05 Å². The summed E-state index contributed by atoms with van der Waals surface area (Å²) in [5.74, 6) is 0.468. The maximum atomic E-state index is 14.4. The first-order valence-corrected chi connectivity index (χ1v) is 31.5. The zero-order chi connectivity index (χ0) is 56.1. The van der Waals surface area contributed by atoms with Gasteiger partial charge in [0.1, 0.15) is 0 Å². The van der Waals surface area contributed by atoms with Crippen LogP contribution in [0.15, 0.2) is 170 Å². The third kappa shape index (κ3) is 10.1. The van der Waals surface area contributed by atoms with E-state index in [1.807, 2.05) is 60.7 Å². The molecule has 0 aromatic heterocycles. The maximum absolute atomic E-state index is 14.4. The van der Waals surface area contributed by atoms with Gasteiger partial charge in [-0.2, -0.15) is 0 Å². The number of hydrogen-bond acceptors (Lipinski definition) is 6. The predicted molar refractivity (Wildman–Crippen MR) is 281 cm³/mol. The van der Waals surface area contributed by atoms with E-state index in [0.29, 0.717) is 21.9 Å². The molecule has 0 aliphatic carbocycles. The number of alkyl halides is 12. The van der Waals surface area contributed by atoms with Gasteiger partial charge in [0.25, 0.3) is 0 Å². The molecule has 2 heterocycles. The van der Waals surface area contributed by atoms with Gasteiger partial charge >= 0.3 is 458 Å². The molecule has 0 N–H and O–H groups in total. The zero-order valence-corrected chi connectivity index (χ0v) is 46.5. The van der Waals surface area contributed by atoms with Crippen LogP contribution in [0.3, 0.4) is 0 Å². The molecule has 0 radical (unpaired) electrons. The fraction of sp³-hybridized carbons (Fsp3) is 0.214. The van der Waals surface area contributed by atoms with Gasteiger partial charge in [0, 0.05) is 0 Å². The van der Waals surface area contributed by atoms with Crippen molar-refractivity contribution in [2.24, 2.45) is 0 Å². The number of hydrogen-bond donors (Lipinski definition) is 0. The molecule has 6 nitrogen and oxygen atoms in total. The van der Waals surface area contributed by atoms with E-state index in [9.17, 15) is 52.7 Å². The molecule has 8 aromatic rings. The summed E-state index contributed by atoms with van der Waals surface area (Å²) in [7, 11) is 6.56. The van der Waals surface area contributed by atoms with Crippen LogP contribution in [0, 0.1) is 0 Å². The normalized spacial score (nSPS) is 20.7. The van der Waals surface area contributed by atoms with Crippen LogP contribution in [-0.4, -0.2) is 77.1 Å². The quantitative estimate of drug-likeness (QED) is 0.0813. The molecule has 0 unspecified atom stereocenters. The number of rotatable bonds is 9. The summed E-state index contributed by atoms with van der Waals surface area (Å²) in [4.78, 5) is 0. The SMILES string of the molecule is CN1[C@@H](c2cccc(C(F)(F)F)c2)[C@H](c2cccc(C(F)(F)F)c2)N(C)P1(=[Se])Oc1ccc2ccccc2c1-c1c(OP2(=[Se])N(C)[C@@H](c3cccc(C(F)(F)F)c3)[C@H](c3cccc(C(F)(F)F)c3)N2C)ccc2ccccc12. The van der Waals surface area contributed by atoms with E-state index in [-0.39, 0.29) is 33.8 Å². The van der Waals surface area contributed by atoms with Gasteiger partial charge in [0.2, 0.25) is 0 Å². The second-order valence-corrected chi connectivity index (χ2v) is 29.9. The Morgan fingerprint density at radius 2 is 0.603 bits per heavy atom. The summed E-state index contributed by atoms with van der Waals surface area (Å²) in [5.41, 5.74) is -2.23. The second kappa shape index (κ2) is 20.4. The first-order chi connectivity index (χ1) is 36.6. The van der Waals surface area contributed by atoms with E-state index >= 15 is 0 Å². The molecule has 78 heavy (non-hydrogen) atoms. The Bertz CT molecular complexity index is 3340. The Labute approximate surface area is 456 Å². The first kappa shape index (κ1) is 56.1. The van der Waals surface area contributed by atoms with Gasteiger partial charge in [-0.3, -0.25) is 0 Å². The first-order valence-electron chi connectivity index (χ1n) is 23.9. The van der Waals surface area contributed by atoms with Crippen LogP contribution in [0.2, 0.25) is 0 Å². The molecule has 0 bridgehead atoms. The average molecular weight is 1250 g/mol. The van der Waals surface area contributed by atoms with Crippen LogP contribution in [0.1, 0.15) is 68.7 Å². The molecule has 0 saturated carbocycles. The molecule has 0 amide bonds. The molecule has 2 aliphatic rings. The van der Waals surface area contributed by atoms with Crippen molar-refractivity contribution < 1.29 is 61.7 Å². The van der Waals surface area contributed by atoms with Crippen LogP contribution in [0.5, 0.6) is 11.5 Å². The number of fused-ring (bicyclic) bond motifs is 2. The summed E-state index contributed by atoms with van der Waals surface area (Å²) < 4.78 is 194. The topological polar surface area (TPSA) is 31.4 Å². The van der Waals surface area contributed by atoms with Crippen molar-refractivity contribution in [2.45, 2.75) is 48.9 Å². The second-order valence-electron chi connectivity index (χ2n) is 19.1. The summed E-state index contributed by atoms with van der Waals surface area (Å²) in [6.07, 6.45) is -19.0. The summed E-state index contributed by atoms with van der Waals surface area (Å²) in [6, 6.07) is 29.4. The number of halogens is 12. The van der Waals surface area contributed by atoms with E-state index < -0.39 is 83.2 Å². The zero-order valence-electron chi connectivity index (χ0n) is 41.3. The molecule has 10 rings (SSSR count). The van der Waals surface area contributed by atoms with E-state index in [1.165, 1.54) is 48.5 Å². The van der Waals surface area contributed by atoms with Gasteiger partial charge in [-0.25, -0.2) is 0 Å². The Morgan fingerprint density at radius 1 is 0.346 bits per heavy atom. The minimum atomic E-state index is -4.75. The van der Waals surface area contributed by atoms with Crippen LogP contribution in [-0.2, 0) is 24.7 Å². The number of nitrogens with zero attached hydrogens (tertiary/aromatic N) is 4. The average Bonchev–Trinajstić information content (AvgIpc) is 3.92.